The largest absolute Gasteiger partial charge is 0.390 e. The van der Waals surface area contributed by atoms with Crippen LogP contribution in [0, 0.1) is 5.92 Å². The first-order valence-electron chi connectivity index (χ1n) is 7.15. The molecule has 0 bridgehead atoms. The summed E-state index contributed by atoms with van der Waals surface area (Å²) in [5, 5.41) is 3.18. The lowest BCUT2D eigenvalue weighted by atomic mass is 10.00. The Hall–Kier alpha value is -0.380. The van der Waals surface area contributed by atoms with Crippen LogP contribution in [0.25, 0.3) is 0 Å². The summed E-state index contributed by atoms with van der Waals surface area (Å²) in [5.74, 6) is 0.212. The van der Waals surface area contributed by atoms with E-state index >= 15 is 0 Å². The third-order valence-corrected chi connectivity index (χ3v) is 5.55. The molecule has 1 aliphatic heterocycles. The van der Waals surface area contributed by atoms with Crippen molar-refractivity contribution in [2.45, 2.75) is 32.4 Å². The summed E-state index contributed by atoms with van der Waals surface area (Å²) in [6.07, 6.45) is -3.80. The van der Waals surface area contributed by atoms with Crippen LogP contribution in [0.1, 0.15) is 26.2 Å². The Morgan fingerprint density at radius 3 is 2.62 bits per heavy atom. The molecule has 1 heterocycles. The molecule has 0 aromatic carbocycles. The Morgan fingerprint density at radius 2 is 2.05 bits per heavy atom. The summed E-state index contributed by atoms with van der Waals surface area (Å²) in [4.78, 5) is 0. The molecule has 0 aromatic rings. The molecule has 9 heteroatoms. The highest BCUT2D eigenvalue weighted by Gasteiger charge is 2.34. The van der Waals surface area contributed by atoms with E-state index in [9.17, 15) is 21.6 Å². The fourth-order valence-corrected chi connectivity index (χ4v) is 3.82. The topological polar surface area (TPSA) is 52.7 Å². The van der Waals surface area contributed by atoms with Crippen molar-refractivity contribution in [3.8, 4) is 0 Å². The van der Waals surface area contributed by atoms with Gasteiger partial charge in [-0.25, -0.2) is 0 Å². The average Bonchev–Trinajstić information content (AvgIpc) is 2.42. The third kappa shape index (κ3) is 6.09. The molecule has 1 fully saturated rings. The molecule has 1 rings (SSSR count). The highest BCUT2D eigenvalue weighted by atomic mass is 32.2. The van der Waals surface area contributed by atoms with Gasteiger partial charge in [-0.1, -0.05) is 6.92 Å². The Kier molecular flexibility index (Phi) is 6.89. The van der Waals surface area contributed by atoms with Crippen molar-refractivity contribution in [1.82, 2.24) is 13.9 Å². The van der Waals surface area contributed by atoms with Crippen molar-refractivity contribution in [3.05, 3.63) is 0 Å². The first-order valence-corrected chi connectivity index (χ1v) is 8.55. The molecule has 5 nitrogen and oxygen atoms in total. The summed E-state index contributed by atoms with van der Waals surface area (Å²) in [6.45, 7) is 3.72. The number of nitrogens with one attached hydrogen (secondary N) is 1. The van der Waals surface area contributed by atoms with Gasteiger partial charge in [0.15, 0.2) is 0 Å². The minimum atomic E-state index is -4.35. The predicted molar refractivity (Wildman–Crippen MR) is 75.1 cm³/mol. The molecule has 21 heavy (non-hydrogen) atoms. The van der Waals surface area contributed by atoms with Gasteiger partial charge >= 0.3 is 6.18 Å². The molecule has 1 aliphatic rings. The van der Waals surface area contributed by atoms with Gasteiger partial charge in [0.2, 0.25) is 0 Å². The van der Waals surface area contributed by atoms with Gasteiger partial charge < -0.3 is 5.32 Å². The summed E-state index contributed by atoms with van der Waals surface area (Å²) < 4.78 is 63.3. The van der Waals surface area contributed by atoms with E-state index in [1.807, 2.05) is 6.92 Å². The molecule has 1 N–H and O–H groups in total. The number of rotatable bonds is 7. The van der Waals surface area contributed by atoms with Gasteiger partial charge in [-0.15, -0.1) is 0 Å². The molecule has 1 unspecified atom stereocenters. The number of alkyl halides is 3. The van der Waals surface area contributed by atoms with Crippen molar-refractivity contribution in [2.24, 2.45) is 5.92 Å². The lowest BCUT2D eigenvalue weighted by Gasteiger charge is -2.34. The highest BCUT2D eigenvalue weighted by Crippen LogP contribution is 2.23. The third-order valence-electron chi connectivity index (χ3n) is 3.60. The van der Waals surface area contributed by atoms with Gasteiger partial charge in [0.1, 0.15) is 0 Å². The van der Waals surface area contributed by atoms with E-state index < -0.39 is 29.4 Å². The number of piperidine rings is 1. The van der Waals surface area contributed by atoms with Crippen LogP contribution in [-0.4, -0.2) is 63.0 Å². The summed E-state index contributed by atoms with van der Waals surface area (Å²) in [6, 6.07) is 0. The predicted octanol–water partition coefficient (Wildman–Crippen LogP) is 1.44. The Labute approximate surface area is 124 Å². The molecule has 0 aromatic heterocycles. The first-order chi connectivity index (χ1) is 9.66. The second-order valence-electron chi connectivity index (χ2n) is 5.37. The van der Waals surface area contributed by atoms with Crippen LogP contribution in [0.4, 0.5) is 13.2 Å². The van der Waals surface area contributed by atoms with Crippen molar-refractivity contribution < 1.29 is 21.6 Å². The number of nitrogens with zero attached hydrogens (tertiary/aromatic N) is 2. The fourth-order valence-electron chi connectivity index (χ4n) is 2.35. The molecule has 0 spiro atoms. The van der Waals surface area contributed by atoms with Crippen LogP contribution in [0.3, 0.4) is 0 Å². The number of hydrogen-bond donors (Lipinski definition) is 1. The van der Waals surface area contributed by atoms with Gasteiger partial charge in [0.05, 0.1) is 6.42 Å². The van der Waals surface area contributed by atoms with Gasteiger partial charge in [0, 0.05) is 26.7 Å². The SMILES string of the molecule is CCNCC1CCCN(S(=O)(=O)N(C)CCC(F)(F)F)C1. The first kappa shape index (κ1) is 18.7. The summed E-state index contributed by atoms with van der Waals surface area (Å²) >= 11 is 0. The second kappa shape index (κ2) is 7.75. The van der Waals surface area contributed by atoms with Crippen molar-refractivity contribution in [2.75, 3.05) is 39.8 Å². The number of hydrogen-bond acceptors (Lipinski definition) is 3. The minimum absolute atomic E-state index is 0.212. The normalized spacial score (nSPS) is 21.9. The van der Waals surface area contributed by atoms with Crippen molar-refractivity contribution in [1.29, 1.82) is 0 Å². The quantitative estimate of drug-likeness (QED) is 0.768. The Bertz CT molecular complexity index is 414. The van der Waals surface area contributed by atoms with Crippen molar-refractivity contribution >= 4 is 10.2 Å². The maximum Gasteiger partial charge on any atom is 0.390 e. The molecule has 0 aliphatic carbocycles. The lowest BCUT2D eigenvalue weighted by molar-refractivity contribution is -0.135. The maximum atomic E-state index is 12.3. The average molecular weight is 331 g/mol. The Morgan fingerprint density at radius 1 is 1.38 bits per heavy atom. The summed E-state index contributed by atoms with van der Waals surface area (Å²) in [5.41, 5.74) is 0. The highest BCUT2D eigenvalue weighted by molar-refractivity contribution is 7.86. The van der Waals surface area contributed by atoms with Crippen LogP contribution in [0.2, 0.25) is 0 Å². The lowest BCUT2D eigenvalue weighted by Crippen LogP contribution is -2.48. The van der Waals surface area contributed by atoms with Crippen LogP contribution in [0.5, 0.6) is 0 Å². The zero-order valence-electron chi connectivity index (χ0n) is 12.5. The number of halogens is 3. The standard InChI is InChI=1S/C12H24F3N3O2S/c1-3-16-9-11-5-4-7-18(10-11)21(19,20)17(2)8-6-12(13,14)15/h11,16H,3-10H2,1-2H3. The monoisotopic (exact) mass is 331 g/mol. The fraction of sp³-hybridized carbons (Fsp3) is 1.00. The molecule has 1 saturated heterocycles. The zero-order chi connectivity index (χ0) is 16.1. The maximum absolute atomic E-state index is 12.3. The van der Waals surface area contributed by atoms with Gasteiger partial charge in [0.25, 0.3) is 10.2 Å². The summed E-state index contributed by atoms with van der Waals surface area (Å²) in [7, 11) is -2.60. The van der Waals surface area contributed by atoms with Gasteiger partial charge in [-0.05, 0) is 31.8 Å². The molecule has 0 radical (unpaired) electrons. The van der Waals surface area contributed by atoms with Crippen LogP contribution in [-0.2, 0) is 10.2 Å². The smallest absolute Gasteiger partial charge is 0.317 e. The van der Waals surface area contributed by atoms with Gasteiger partial charge in [-0.3, -0.25) is 0 Å². The molecule has 1 atom stereocenters. The molecule has 0 saturated carbocycles. The second-order valence-corrected chi connectivity index (χ2v) is 7.40. The van der Waals surface area contributed by atoms with E-state index in [4.69, 9.17) is 0 Å². The minimum Gasteiger partial charge on any atom is -0.317 e. The van der Waals surface area contributed by atoms with E-state index in [1.165, 1.54) is 11.4 Å². The van der Waals surface area contributed by atoms with E-state index in [2.05, 4.69) is 5.32 Å². The van der Waals surface area contributed by atoms with E-state index in [1.54, 1.807) is 0 Å². The van der Waals surface area contributed by atoms with Gasteiger partial charge in [-0.2, -0.15) is 30.2 Å². The molecular formula is C12H24F3N3O2S. The van der Waals surface area contributed by atoms with Crippen molar-refractivity contribution in [3.63, 3.8) is 0 Å². The van der Waals surface area contributed by atoms with Crippen LogP contribution < -0.4 is 5.32 Å². The van der Waals surface area contributed by atoms with Crippen LogP contribution in [0.15, 0.2) is 0 Å². The Balaban J connectivity index is 2.59. The van der Waals surface area contributed by atoms with E-state index in [-0.39, 0.29) is 5.92 Å². The molecular weight excluding hydrogens is 307 g/mol. The van der Waals surface area contributed by atoms with E-state index in [0.717, 1.165) is 30.2 Å². The molecule has 0 amide bonds. The molecule has 126 valence electrons. The van der Waals surface area contributed by atoms with E-state index in [0.29, 0.717) is 13.1 Å². The zero-order valence-corrected chi connectivity index (χ0v) is 13.3. The van der Waals surface area contributed by atoms with Crippen LogP contribution >= 0.6 is 0 Å².